The fourth-order valence-electron chi connectivity index (χ4n) is 1.83. The fraction of sp³-hybridized carbons (Fsp3) is 0.467. The van der Waals surface area contributed by atoms with E-state index in [0.717, 1.165) is 12.0 Å². The van der Waals surface area contributed by atoms with Crippen LogP contribution in [0.3, 0.4) is 0 Å². The second kappa shape index (κ2) is 4.42. The summed E-state index contributed by atoms with van der Waals surface area (Å²) in [7, 11) is 0. The zero-order chi connectivity index (χ0) is 12.4. The highest BCUT2D eigenvalue weighted by atomic mass is 16.3. The molecule has 0 aromatic heterocycles. The largest absolute Gasteiger partial charge is 0.385 e. The molecule has 0 fully saturated rings. The van der Waals surface area contributed by atoms with Crippen LogP contribution in [0.25, 0.3) is 0 Å². The lowest BCUT2D eigenvalue weighted by Gasteiger charge is -2.40. The van der Waals surface area contributed by atoms with Gasteiger partial charge in [0.2, 0.25) is 0 Å². The third kappa shape index (κ3) is 2.35. The third-order valence-corrected chi connectivity index (χ3v) is 3.59. The SMILES string of the molecule is C=CCC(C)(C)C(C)(O)c1ccc(C)cc1. The van der Waals surface area contributed by atoms with Crippen molar-refractivity contribution in [1.82, 2.24) is 0 Å². The number of hydrogen-bond acceptors (Lipinski definition) is 1. The Kier molecular flexibility index (Phi) is 3.59. The van der Waals surface area contributed by atoms with Gasteiger partial charge in [0.15, 0.2) is 0 Å². The molecular formula is C15H22O. The third-order valence-electron chi connectivity index (χ3n) is 3.59. The minimum absolute atomic E-state index is 0.218. The van der Waals surface area contributed by atoms with Crippen molar-refractivity contribution in [3.8, 4) is 0 Å². The summed E-state index contributed by atoms with van der Waals surface area (Å²) < 4.78 is 0. The molecule has 1 N–H and O–H groups in total. The van der Waals surface area contributed by atoms with Gasteiger partial charge in [0.1, 0.15) is 0 Å². The lowest BCUT2D eigenvalue weighted by atomic mass is 9.70. The van der Waals surface area contributed by atoms with Crippen LogP contribution < -0.4 is 0 Å². The van der Waals surface area contributed by atoms with E-state index in [9.17, 15) is 5.11 Å². The molecule has 88 valence electrons. The van der Waals surface area contributed by atoms with Gasteiger partial charge < -0.3 is 5.11 Å². The molecule has 0 saturated heterocycles. The summed E-state index contributed by atoms with van der Waals surface area (Å²) in [5.74, 6) is 0. The minimum Gasteiger partial charge on any atom is -0.385 e. The van der Waals surface area contributed by atoms with Crippen molar-refractivity contribution in [2.75, 3.05) is 0 Å². The maximum atomic E-state index is 10.7. The maximum absolute atomic E-state index is 10.7. The van der Waals surface area contributed by atoms with Crippen LogP contribution in [0, 0.1) is 12.3 Å². The molecule has 16 heavy (non-hydrogen) atoms. The molecule has 0 heterocycles. The highest BCUT2D eigenvalue weighted by Crippen LogP contribution is 2.42. The van der Waals surface area contributed by atoms with Gasteiger partial charge >= 0.3 is 0 Å². The predicted octanol–water partition coefficient (Wildman–Crippen LogP) is 3.80. The Morgan fingerprint density at radius 2 is 1.69 bits per heavy atom. The monoisotopic (exact) mass is 218 g/mol. The van der Waals surface area contributed by atoms with Crippen molar-refractivity contribution in [1.29, 1.82) is 0 Å². The molecule has 1 heteroatoms. The van der Waals surface area contributed by atoms with E-state index in [4.69, 9.17) is 0 Å². The molecule has 1 aromatic carbocycles. The van der Waals surface area contributed by atoms with Crippen molar-refractivity contribution < 1.29 is 5.11 Å². The zero-order valence-electron chi connectivity index (χ0n) is 10.7. The highest BCUT2D eigenvalue weighted by Gasteiger charge is 2.39. The van der Waals surface area contributed by atoms with Crippen molar-refractivity contribution in [3.05, 3.63) is 48.0 Å². The van der Waals surface area contributed by atoms with Crippen LogP contribution in [0.5, 0.6) is 0 Å². The summed E-state index contributed by atoms with van der Waals surface area (Å²) in [6.45, 7) is 11.8. The zero-order valence-corrected chi connectivity index (χ0v) is 10.7. The van der Waals surface area contributed by atoms with E-state index < -0.39 is 5.60 Å². The minimum atomic E-state index is -0.838. The van der Waals surface area contributed by atoms with Gasteiger partial charge in [-0.15, -0.1) is 6.58 Å². The Hall–Kier alpha value is -1.08. The van der Waals surface area contributed by atoms with Crippen LogP contribution in [-0.4, -0.2) is 5.11 Å². The van der Waals surface area contributed by atoms with Crippen molar-refractivity contribution in [2.45, 2.75) is 39.7 Å². The van der Waals surface area contributed by atoms with Gasteiger partial charge in [0.05, 0.1) is 5.60 Å². The Balaban J connectivity index is 3.09. The van der Waals surface area contributed by atoms with E-state index in [-0.39, 0.29) is 5.41 Å². The number of hydrogen-bond donors (Lipinski definition) is 1. The molecular weight excluding hydrogens is 196 g/mol. The molecule has 0 radical (unpaired) electrons. The molecule has 0 spiro atoms. The molecule has 0 aliphatic heterocycles. The van der Waals surface area contributed by atoms with Crippen molar-refractivity contribution in [3.63, 3.8) is 0 Å². The van der Waals surface area contributed by atoms with E-state index in [2.05, 4.69) is 20.4 Å². The van der Waals surface area contributed by atoms with Gasteiger partial charge in [-0.05, 0) is 25.8 Å². The van der Waals surface area contributed by atoms with Gasteiger partial charge in [-0.3, -0.25) is 0 Å². The molecule has 1 aromatic rings. The summed E-state index contributed by atoms with van der Waals surface area (Å²) in [4.78, 5) is 0. The van der Waals surface area contributed by atoms with Crippen LogP contribution in [0.15, 0.2) is 36.9 Å². The molecule has 0 aliphatic rings. The van der Waals surface area contributed by atoms with Crippen LogP contribution in [0.2, 0.25) is 0 Å². The molecule has 1 atom stereocenters. The van der Waals surface area contributed by atoms with Gasteiger partial charge in [-0.25, -0.2) is 0 Å². The smallest absolute Gasteiger partial charge is 0.0922 e. The number of allylic oxidation sites excluding steroid dienone is 1. The highest BCUT2D eigenvalue weighted by molar-refractivity contribution is 5.27. The lowest BCUT2D eigenvalue weighted by Crippen LogP contribution is -2.38. The molecule has 1 rings (SSSR count). The number of aliphatic hydroxyl groups is 1. The Morgan fingerprint density at radius 1 is 1.19 bits per heavy atom. The van der Waals surface area contributed by atoms with Crippen LogP contribution in [0.4, 0.5) is 0 Å². The number of aryl methyl sites for hydroxylation is 1. The Morgan fingerprint density at radius 3 is 2.12 bits per heavy atom. The summed E-state index contributed by atoms with van der Waals surface area (Å²) in [6, 6.07) is 8.07. The molecule has 1 nitrogen and oxygen atoms in total. The molecule has 1 unspecified atom stereocenters. The van der Waals surface area contributed by atoms with Gasteiger partial charge in [0, 0.05) is 5.41 Å². The first-order valence-electron chi connectivity index (χ1n) is 5.72. The van der Waals surface area contributed by atoms with E-state index in [1.54, 1.807) is 0 Å². The average Bonchev–Trinajstić information content (AvgIpc) is 2.18. The lowest BCUT2D eigenvalue weighted by molar-refractivity contribution is -0.0557. The molecule has 0 amide bonds. The van der Waals surface area contributed by atoms with E-state index in [0.29, 0.717) is 0 Å². The summed E-state index contributed by atoms with van der Waals surface area (Å²) >= 11 is 0. The van der Waals surface area contributed by atoms with Crippen LogP contribution >= 0.6 is 0 Å². The Labute approximate surface area is 98.8 Å². The Bertz CT molecular complexity index is 358. The van der Waals surface area contributed by atoms with Gasteiger partial charge in [-0.1, -0.05) is 49.8 Å². The van der Waals surface area contributed by atoms with E-state index in [1.807, 2.05) is 44.2 Å². The first kappa shape index (κ1) is 13.0. The molecule has 0 saturated carbocycles. The predicted molar refractivity (Wildman–Crippen MR) is 69.3 cm³/mol. The maximum Gasteiger partial charge on any atom is 0.0922 e. The fourth-order valence-corrected chi connectivity index (χ4v) is 1.83. The first-order valence-corrected chi connectivity index (χ1v) is 5.72. The summed E-state index contributed by atoms with van der Waals surface area (Å²) in [5.41, 5.74) is 1.12. The van der Waals surface area contributed by atoms with Crippen LogP contribution in [0.1, 0.15) is 38.3 Å². The summed E-state index contributed by atoms with van der Waals surface area (Å²) in [6.07, 6.45) is 2.65. The van der Waals surface area contributed by atoms with Gasteiger partial charge in [0.25, 0.3) is 0 Å². The van der Waals surface area contributed by atoms with E-state index in [1.165, 1.54) is 5.56 Å². The first-order chi connectivity index (χ1) is 7.31. The molecule has 0 bridgehead atoms. The number of benzene rings is 1. The normalized spacial score (nSPS) is 15.6. The van der Waals surface area contributed by atoms with Gasteiger partial charge in [-0.2, -0.15) is 0 Å². The second-order valence-electron chi connectivity index (χ2n) is 5.31. The topological polar surface area (TPSA) is 20.2 Å². The summed E-state index contributed by atoms with van der Waals surface area (Å²) in [5, 5.41) is 10.7. The standard InChI is InChI=1S/C15H22O/c1-6-11-14(3,4)15(5,16)13-9-7-12(2)8-10-13/h6-10,16H,1,11H2,2-5H3. The van der Waals surface area contributed by atoms with Crippen molar-refractivity contribution in [2.24, 2.45) is 5.41 Å². The second-order valence-corrected chi connectivity index (χ2v) is 5.31. The van der Waals surface area contributed by atoms with E-state index >= 15 is 0 Å². The average molecular weight is 218 g/mol. The van der Waals surface area contributed by atoms with Crippen LogP contribution in [-0.2, 0) is 5.60 Å². The molecule has 0 aliphatic carbocycles. The number of rotatable bonds is 4. The quantitative estimate of drug-likeness (QED) is 0.762. The van der Waals surface area contributed by atoms with Crippen molar-refractivity contribution >= 4 is 0 Å².